The second kappa shape index (κ2) is 7.17. The van der Waals surface area contributed by atoms with Gasteiger partial charge in [-0.2, -0.15) is 0 Å². The number of rotatable bonds is 4. The third-order valence-electron chi connectivity index (χ3n) is 4.92. The summed E-state index contributed by atoms with van der Waals surface area (Å²) < 4.78 is 1.55. The molecule has 2 aromatic carbocycles. The van der Waals surface area contributed by atoms with Gasteiger partial charge in [0.05, 0.1) is 0 Å². The molecule has 1 aromatic heterocycles. The molecule has 0 amide bonds. The van der Waals surface area contributed by atoms with Crippen molar-refractivity contribution in [2.45, 2.75) is 37.0 Å². The van der Waals surface area contributed by atoms with Gasteiger partial charge in [0.1, 0.15) is 0 Å². The molecule has 1 heterocycles. The van der Waals surface area contributed by atoms with Crippen molar-refractivity contribution in [3.63, 3.8) is 0 Å². The molecule has 0 aliphatic rings. The average molecular weight is 390 g/mol. The van der Waals surface area contributed by atoms with Gasteiger partial charge in [-0.25, -0.2) is 0 Å². The van der Waals surface area contributed by atoms with Crippen molar-refractivity contribution in [3.05, 3.63) is 83.6 Å². The Morgan fingerprint density at radius 2 is 1.44 bits per heavy atom. The molecule has 2 heteroatoms. The van der Waals surface area contributed by atoms with E-state index >= 15 is 0 Å². The molecule has 1 unspecified atom stereocenters. The molecule has 25 heavy (non-hydrogen) atoms. The van der Waals surface area contributed by atoms with Gasteiger partial charge in [-0.15, -0.1) is 0 Å². The van der Waals surface area contributed by atoms with Crippen LogP contribution in [0.25, 0.3) is 11.3 Å². The van der Waals surface area contributed by atoms with E-state index in [9.17, 15) is 0 Å². The Morgan fingerprint density at radius 1 is 0.840 bits per heavy atom. The molecule has 0 aliphatic carbocycles. The first-order valence-corrected chi connectivity index (χ1v) is 16.3. The van der Waals surface area contributed by atoms with Crippen molar-refractivity contribution in [2.24, 2.45) is 0 Å². The molecule has 0 N–H and O–H groups in total. The van der Waals surface area contributed by atoms with Gasteiger partial charge in [-0.1, -0.05) is 0 Å². The van der Waals surface area contributed by atoms with E-state index in [1.807, 2.05) is 6.20 Å². The number of aromatic nitrogens is 1. The molecule has 0 aliphatic heterocycles. The summed E-state index contributed by atoms with van der Waals surface area (Å²) in [5.74, 6) is 7.73. The van der Waals surface area contributed by atoms with Crippen molar-refractivity contribution in [3.8, 4) is 11.3 Å². The number of pyridine rings is 1. The summed E-state index contributed by atoms with van der Waals surface area (Å²) in [7, 11) is 0. The molecule has 0 saturated carbocycles. The van der Waals surface area contributed by atoms with Gasteiger partial charge in [0.2, 0.25) is 0 Å². The average Bonchev–Trinajstić information content (AvgIpc) is 2.61. The van der Waals surface area contributed by atoms with Crippen LogP contribution in [0.3, 0.4) is 0 Å². The number of hydrogen-bond donors (Lipinski definition) is 0. The van der Waals surface area contributed by atoms with Crippen LogP contribution in [0.15, 0.2) is 66.9 Å². The summed E-state index contributed by atoms with van der Waals surface area (Å²) in [4.78, 5) is 4.69. The number of nitrogens with zero attached hydrogens (tertiary/aromatic N) is 1. The van der Waals surface area contributed by atoms with Crippen molar-refractivity contribution in [1.82, 2.24) is 4.98 Å². The van der Waals surface area contributed by atoms with E-state index in [1.165, 1.54) is 22.3 Å². The molecular formula is C23H27GeN. The van der Waals surface area contributed by atoms with E-state index in [-0.39, 0.29) is 0 Å². The maximum absolute atomic E-state index is 4.69. The van der Waals surface area contributed by atoms with Crippen LogP contribution in [0.1, 0.15) is 29.5 Å². The van der Waals surface area contributed by atoms with E-state index in [0.29, 0.717) is 5.92 Å². The van der Waals surface area contributed by atoms with Gasteiger partial charge in [-0.3, -0.25) is 0 Å². The zero-order chi connectivity index (χ0) is 18.0. The normalized spacial score (nSPS) is 12.8. The Hall–Kier alpha value is -1.87. The zero-order valence-electron chi connectivity index (χ0n) is 15.9. The Balaban J connectivity index is 1.91. The minimum atomic E-state index is -1.87. The van der Waals surface area contributed by atoms with Crippen molar-refractivity contribution in [1.29, 1.82) is 0 Å². The fourth-order valence-electron chi connectivity index (χ4n) is 3.37. The van der Waals surface area contributed by atoms with Crippen LogP contribution in [0.2, 0.25) is 17.3 Å². The monoisotopic (exact) mass is 391 g/mol. The SMILES string of the molecule is Cc1cnc(-c2ccc(C(C)c3ccccc3)cc2)c[c]1[Ge]([CH3])([CH3])[CH3]. The summed E-state index contributed by atoms with van der Waals surface area (Å²) in [5, 5.41) is 0. The number of hydrogen-bond acceptors (Lipinski definition) is 1. The van der Waals surface area contributed by atoms with E-state index in [1.54, 1.807) is 4.40 Å². The molecule has 0 spiro atoms. The molecule has 1 atom stereocenters. The third-order valence-corrected chi connectivity index (χ3v) is 9.44. The van der Waals surface area contributed by atoms with Crippen molar-refractivity contribution >= 4 is 17.7 Å². The van der Waals surface area contributed by atoms with Gasteiger partial charge >= 0.3 is 154 Å². The zero-order valence-corrected chi connectivity index (χ0v) is 18.0. The van der Waals surface area contributed by atoms with Crippen molar-refractivity contribution < 1.29 is 0 Å². The third kappa shape index (κ3) is 4.04. The standard InChI is InChI=1S/C23H27GeN/c1-17-16-25-23(15-22(17)24(3,4)5)21-13-11-20(12-14-21)18(2)19-9-7-6-8-10-19/h6-16,18H,1-5H3. The second-order valence-electron chi connectivity index (χ2n) is 7.89. The van der Waals surface area contributed by atoms with E-state index in [2.05, 4.69) is 96.8 Å². The van der Waals surface area contributed by atoms with Crippen molar-refractivity contribution in [2.75, 3.05) is 0 Å². The van der Waals surface area contributed by atoms with Gasteiger partial charge in [0.25, 0.3) is 0 Å². The molecule has 3 rings (SSSR count). The Kier molecular flexibility index (Phi) is 5.14. The molecule has 1 nitrogen and oxygen atoms in total. The van der Waals surface area contributed by atoms with Gasteiger partial charge in [-0.05, 0) is 0 Å². The fourth-order valence-corrected chi connectivity index (χ4v) is 7.18. The molecule has 0 radical (unpaired) electrons. The molecule has 0 saturated heterocycles. The molecular weight excluding hydrogens is 363 g/mol. The van der Waals surface area contributed by atoms with Crippen LogP contribution in [-0.4, -0.2) is 18.3 Å². The summed E-state index contributed by atoms with van der Waals surface area (Å²) in [6.07, 6.45) is 2.04. The van der Waals surface area contributed by atoms with Crippen LogP contribution >= 0.6 is 0 Å². The molecule has 0 bridgehead atoms. The summed E-state index contributed by atoms with van der Waals surface area (Å²) in [5.41, 5.74) is 6.34. The Bertz CT molecular complexity index is 846. The predicted molar refractivity (Wildman–Crippen MR) is 111 cm³/mol. The first-order chi connectivity index (χ1) is 11.9. The van der Waals surface area contributed by atoms with Crippen LogP contribution < -0.4 is 4.40 Å². The van der Waals surface area contributed by atoms with Gasteiger partial charge < -0.3 is 0 Å². The predicted octanol–water partition coefficient (Wildman–Crippen LogP) is 5.75. The van der Waals surface area contributed by atoms with Crippen LogP contribution in [-0.2, 0) is 0 Å². The summed E-state index contributed by atoms with van der Waals surface area (Å²) >= 11 is -1.87. The Morgan fingerprint density at radius 3 is 2.04 bits per heavy atom. The van der Waals surface area contributed by atoms with Crippen LogP contribution in [0, 0.1) is 6.92 Å². The number of benzene rings is 2. The van der Waals surface area contributed by atoms with Gasteiger partial charge in [0, 0.05) is 0 Å². The van der Waals surface area contributed by atoms with E-state index < -0.39 is 13.3 Å². The first kappa shape index (κ1) is 17.9. The van der Waals surface area contributed by atoms with E-state index in [0.717, 1.165) is 5.69 Å². The topological polar surface area (TPSA) is 12.9 Å². The van der Waals surface area contributed by atoms with E-state index in [4.69, 9.17) is 0 Å². The summed E-state index contributed by atoms with van der Waals surface area (Å²) in [6, 6.07) is 21.9. The first-order valence-electron chi connectivity index (χ1n) is 8.98. The molecule has 0 fully saturated rings. The summed E-state index contributed by atoms with van der Waals surface area (Å²) in [6.45, 7) is 4.45. The van der Waals surface area contributed by atoms with Crippen LogP contribution in [0.4, 0.5) is 0 Å². The second-order valence-corrected chi connectivity index (χ2v) is 18.5. The molecule has 128 valence electrons. The maximum atomic E-state index is 4.69. The fraction of sp³-hybridized carbons (Fsp3) is 0.261. The van der Waals surface area contributed by atoms with Gasteiger partial charge in [0.15, 0.2) is 0 Å². The Labute approximate surface area is 154 Å². The molecule has 3 aromatic rings. The minimum absolute atomic E-state index is 0.404. The quantitative estimate of drug-likeness (QED) is 0.517. The van der Waals surface area contributed by atoms with Crippen LogP contribution in [0.5, 0.6) is 0 Å². The number of aryl methyl sites for hydroxylation is 1.